The van der Waals surface area contributed by atoms with Gasteiger partial charge < -0.3 is 5.32 Å². The van der Waals surface area contributed by atoms with Crippen molar-refractivity contribution in [3.63, 3.8) is 0 Å². The highest BCUT2D eigenvalue weighted by Gasteiger charge is 2.54. The Morgan fingerprint density at radius 3 is 2.45 bits per heavy atom. The molecular formula is C17H23F2N. The predicted octanol–water partition coefficient (Wildman–Crippen LogP) is 4.44. The molecular weight excluding hydrogens is 256 g/mol. The highest BCUT2D eigenvalue weighted by atomic mass is 19.2. The number of hydrogen-bond acceptors (Lipinski definition) is 1. The number of benzene rings is 1. The van der Waals surface area contributed by atoms with Crippen molar-refractivity contribution in [3.05, 3.63) is 35.4 Å². The van der Waals surface area contributed by atoms with E-state index in [1.165, 1.54) is 37.8 Å². The smallest absolute Gasteiger partial charge is 0.159 e. The quantitative estimate of drug-likeness (QED) is 0.840. The summed E-state index contributed by atoms with van der Waals surface area (Å²) in [5.41, 5.74) is 0.914. The lowest BCUT2D eigenvalue weighted by Crippen LogP contribution is -2.25. The van der Waals surface area contributed by atoms with Gasteiger partial charge in [0.2, 0.25) is 0 Å². The third-order valence-corrected chi connectivity index (χ3v) is 5.02. The third kappa shape index (κ3) is 2.60. The largest absolute Gasteiger partial charge is 0.310 e. The van der Waals surface area contributed by atoms with E-state index in [1.807, 2.05) is 0 Å². The average Bonchev–Trinajstić information content (AvgIpc) is 3.17. The van der Waals surface area contributed by atoms with Gasteiger partial charge in [-0.25, -0.2) is 8.78 Å². The Labute approximate surface area is 119 Å². The van der Waals surface area contributed by atoms with Gasteiger partial charge in [0.25, 0.3) is 0 Å². The predicted molar refractivity (Wildman–Crippen MR) is 76.3 cm³/mol. The van der Waals surface area contributed by atoms with Crippen LogP contribution in [0.3, 0.4) is 0 Å². The molecule has 1 nitrogen and oxygen atoms in total. The zero-order valence-corrected chi connectivity index (χ0v) is 12.0. The molecule has 3 rings (SSSR count). The number of fused-ring (bicyclic) bond motifs is 1. The van der Waals surface area contributed by atoms with E-state index in [0.717, 1.165) is 30.4 Å². The first-order valence-electron chi connectivity index (χ1n) is 7.90. The molecule has 0 aliphatic heterocycles. The van der Waals surface area contributed by atoms with Crippen molar-refractivity contribution in [2.45, 2.75) is 45.1 Å². The Balaban J connectivity index is 1.80. The molecule has 1 aromatic carbocycles. The summed E-state index contributed by atoms with van der Waals surface area (Å²) in [6, 6.07) is 4.58. The van der Waals surface area contributed by atoms with Gasteiger partial charge in [-0.2, -0.15) is 0 Å². The van der Waals surface area contributed by atoms with Crippen molar-refractivity contribution in [1.29, 1.82) is 0 Å². The lowest BCUT2D eigenvalue weighted by atomic mass is 9.99. The van der Waals surface area contributed by atoms with Crippen LogP contribution in [0.5, 0.6) is 0 Å². The highest BCUT2D eigenvalue weighted by molar-refractivity contribution is 5.25. The van der Waals surface area contributed by atoms with E-state index in [1.54, 1.807) is 6.07 Å². The Morgan fingerprint density at radius 2 is 1.85 bits per heavy atom. The van der Waals surface area contributed by atoms with E-state index in [-0.39, 0.29) is 6.04 Å². The SMILES string of the molecule is CCCNC(c1ccc(F)c(F)c1)C1C2CCCCC21. The summed E-state index contributed by atoms with van der Waals surface area (Å²) in [6.07, 6.45) is 6.33. The number of halogens is 2. The van der Waals surface area contributed by atoms with E-state index >= 15 is 0 Å². The van der Waals surface area contributed by atoms with Crippen molar-refractivity contribution < 1.29 is 8.78 Å². The van der Waals surface area contributed by atoms with Crippen molar-refractivity contribution in [1.82, 2.24) is 5.32 Å². The summed E-state index contributed by atoms with van der Waals surface area (Å²) in [4.78, 5) is 0. The minimum atomic E-state index is -0.754. The fraction of sp³-hybridized carbons (Fsp3) is 0.647. The summed E-state index contributed by atoms with van der Waals surface area (Å²) >= 11 is 0. The zero-order chi connectivity index (χ0) is 14.1. The second kappa shape index (κ2) is 5.80. The van der Waals surface area contributed by atoms with E-state index in [9.17, 15) is 8.78 Å². The van der Waals surface area contributed by atoms with Gasteiger partial charge in [-0.3, -0.25) is 0 Å². The summed E-state index contributed by atoms with van der Waals surface area (Å²) in [5, 5.41) is 3.56. The summed E-state index contributed by atoms with van der Waals surface area (Å²) < 4.78 is 26.6. The van der Waals surface area contributed by atoms with E-state index < -0.39 is 11.6 Å². The van der Waals surface area contributed by atoms with Gasteiger partial charge in [-0.1, -0.05) is 25.8 Å². The minimum absolute atomic E-state index is 0.193. The molecule has 1 aromatic rings. The average molecular weight is 279 g/mol. The van der Waals surface area contributed by atoms with Crippen molar-refractivity contribution in [2.75, 3.05) is 6.54 Å². The van der Waals surface area contributed by atoms with Crippen LogP contribution < -0.4 is 5.32 Å². The molecule has 3 unspecified atom stereocenters. The van der Waals surface area contributed by atoms with Crippen LogP contribution in [-0.2, 0) is 0 Å². The van der Waals surface area contributed by atoms with Gasteiger partial charge in [-0.05, 0) is 61.3 Å². The van der Waals surface area contributed by atoms with E-state index in [2.05, 4.69) is 12.2 Å². The summed E-state index contributed by atoms with van der Waals surface area (Å²) in [7, 11) is 0. The Hall–Kier alpha value is -0.960. The molecule has 3 atom stereocenters. The molecule has 0 bridgehead atoms. The second-order valence-electron chi connectivity index (χ2n) is 6.29. The molecule has 1 N–H and O–H groups in total. The van der Waals surface area contributed by atoms with Crippen molar-refractivity contribution in [3.8, 4) is 0 Å². The van der Waals surface area contributed by atoms with Crippen LogP contribution in [0.25, 0.3) is 0 Å². The molecule has 0 spiro atoms. The standard InChI is InChI=1S/C17H23F2N/c1-2-9-20-17(11-7-8-14(18)15(19)10-11)16-12-5-3-4-6-13(12)16/h7-8,10,12-13,16-17,20H,2-6,9H2,1H3. The van der Waals surface area contributed by atoms with Gasteiger partial charge >= 0.3 is 0 Å². The summed E-state index contributed by atoms with van der Waals surface area (Å²) in [5.74, 6) is 0.733. The van der Waals surface area contributed by atoms with E-state index in [0.29, 0.717) is 5.92 Å². The fourth-order valence-corrected chi connectivity index (χ4v) is 4.02. The van der Waals surface area contributed by atoms with Crippen LogP contribution in [0.15, 0.2) is 18.2 Å². The van der Waals surface area contributed by atoms with E-state index in [4.69, 9.17) is 0 Å². The van der Waals surface area contributed by atoms with Gasteiger partial charge in [0.1, 0.15) is 0 Å². The Morgan fingerprint density at radius 1 is 1.15 bits per heavy atom. The van der Waals surface area contributed by atoms with Crippen LogP contribution in [0.1, 0.15) is 50.6 Å². The Bertz CT molecular complexity index is 462. The van der Waals surface area contributed by atoms with Crippen LogP contribution >= 0.6 is 0 Å². The molecule has 0 saturated heterocycles. The topological polar surface area (TPSA) is 12.0 Å². The van der Waals surface area contributed by atoms with Crippen molar-refractivity contribution in [2.24, 2.45) is 17.8 Å². The molecule has 0 aromatic heterocycles. The molecule has 110 valence electrons. The fourth-order valence-electron chi connectivity index (χ4n) is 4.02. The van der Waals surface area contributed by atoms with Gasteiger partial charge in [0.15, 0.2) is 11.6 Å². The normalized spacial score (nSPS) is 29.9. The maximum atomic E-state index is 13.5. The molecule has 3 heteroatoms. The van der Waals surface area contributed by atoms with Gasteiger partial charge in [0.05, 0.1) is 0 Å². The number of nitrogens with one attached hydrogen (secondary N) is 1. The lowest BCUT2D eigenvalue weighted by molar-refractivity contribution is 0.439. The first kappa shape index (κ1) is 14.0. The molecule has 2 aliphatic carbocycles. The minimum Gasteiger partial charge on any atom is -0.310 e. The molecule has 0 heterocycles. The first-order valence-corrected chi connectivity index (χ1v) is 7.90. The van der Waals surface area contributed by atoms with Crippen LogP contribution in [0, 0.1) is 29.4 Å². The molecule has 20 heavy (non-hydrogen) atoms. The molecule has 2 saturated carbocycles. The van der Waals surface area contributed by atoms with Crippen molar-refractivity contribution >= 4 is 0 Å². The lowest BCUT2D eigenvalue weighted by Gasteiger charge is -2.20. The second-order valence-corrected chi connectivity index (χ2v) is 6.29. The number of hydrogen-bond donors (Lipinski definition) is 1. The monoisotopic (exact) mass is 279 g/mol. The molecule has 2 fully saturated rings. The molecule has 0 radical (unpaired) electrons. The number of rotatable bonds is 5. The third-order valence-electron chi connectivity index (χ3n) is 5.02. The molecule has 2 aliphatic rings. The molecule has 0 amide bonds. The summed E-state index contributed by atoms with van der Waals surface area (Å²) in [6.45, 7) is 3.06. The first-order chi connectivity index (χ1) is 9.72. The maximum absolute atomic E-state index is 13.5. The van der Waals surface area contributed by atoms with Crippen LogP contribution in [-0.4, -0.2) is 6.54 Å². The van der Waals surface area contributed by atoms with Crippen LogP contribution in [0.2, 0.25) is 0 Å². The maximum Gasteiger partial charge on any atom is 0.159 e. The highest BCUT2D eigenvalue weighted by Crippen LogP contribution is 2.60. The van der Waals surface area contributed by atoms with Gasteiger partial charge in [0, 0.05) is 6.04 Å². The van der Waals surface area contributed by atoms with Crippen LogP contribution in [0.4, 0.5) is 8.78 Å². The Kier molecular flexibility index (Phi) is 4.06. The zero-order valence-electron chi connectivity index (χ0n) is 12.0. The van der Waals surface area contributed by atoms with Gasteiger partial charge in [-0.15, -0.1) is 0 Å².